The Morgan fingerprint density at radius 3 is 2.86 bits per heavy atom. The number of pyridine rings is 1. The Kier molecular flexibility index (Phi) is 2.59. The molecule has 0 radical (unpaired) electrons. The van der Waals surface area contributed by atoms with Gasteiger partial charge in [-0.2, -0.15) is 12.6 Å². The molecule has 0 fully saturated rings. The van der Waals surface area contributed by atoms with Crippen molar-refractivity contribution in [2.75, 3.05) is 5.75 Å². The first-order valence-corrected chi connectivity index (χ1v) is 5.16. The van der Waals surface area contributed by atoms with Crippen LogP contribution in [0.25, 0.3) is 10.9 Å². The lowest BCUT2D eigenvalue weighted by Crippen LogP contribution is -2.12. The molecule has 2 rings (SSSR count). The number of nitrogens with one attached hydrogen (secondary N) is 1. The van der Waals surface area contributed by atoms with Crippen LogP contribution in [0.4, 0.5) is 0 Å². The van der Waals surface area contributed by atoms with Gasteiger partial charge in [-0.1, -0.05) is 18.2 Å². The Balaban J connectivity index is 2.65. The average molecular weight is 205 g/mol. The number of H-pyrrole nitrogens is 1. The van der Waals surface area contributed by atoms with Crippen LogP contribution in [0.5, 0.6) is 0 Å². The van der Waals surface area contributed by atoms with Crippen LogP contribution in [-0.2, 0) is 6.42 Å². The third kappa shape index (κ3) is 1.68. The van der Waals surface area contributed by atoms with Crippen molar-refractivity contribution >= 4 is 23.5 Å². The molecule has 0 spiro atoms. The van der Waals surface area contributed by atoms with Crippen LogP contribution in [0.3, 0.4) is 0 Å². The Morgan fingerprint density at radius 2 is 2.07 bits per heavy atom. The van der Waals surface area contributed by atoms with Crippen molar-refractivity contribution < 1.29 is 0 Å². The zero-order valence-corrected chi connectivity index (χ0v) is 8.55. The second-order valence-electron chi connectivity index (χ2n) is 3.18. The zero-order valence-electron chi connectivity index (χ0n) is 7.66. The smallest absolute Gasteiger partial charge is 0.251 e. The van der Waals surface area contributed by atoms with Crippen LogP contribution in [0.15, 0.2) is 35.1 Å². The minimum atomic E-state index is -0.00208. The highest BCUT2D eigenvalue weighted by Crippen LogP contribution is 2.10. The predicted octanol–water partition coefficient (Wildman–Crippen LogP) is 2.00. The van der Waals surface area contributed by atoms with Gasteiger partial charge in [0.15, 0.2) is 0 Å². The quantitative estimate of drug-likeness (QED) is 0.722. The van der Waals surface area contributed by atoms with Gasteiger partial charge in [-0.3, -0.25) is 4.79 Å². The van der Waals surface area contributed by atoms with Crippen molar-refractivity contribution in [3.05, 3.63) is 46.2 Å². The van der Waals surface area contributed by atoms with Crippen LogP contribution < -0.4 is 5.56 Å². The Hall–Kier alpha value is -1.22. The van der Waals surface area contributed by atoms with E-state index in [1.807, 2.05) is 30.3 Å². The fraction of sp³-hybridized carbons (Fsp3) is 0.182. The average Bonchev–Trinajstić information content (AvgIpc) is 2.19. The van der Waals surface area contributed by atoms with Gasteiger partial charge in [-0.05, 0) is 29.7 Å². The number of aromatic nitrogens is 1. The van der Waals surface area contributed by atoms with E-state index >= 15 is 0 Å². The maximum absolute atomic E-state index is 11.5. The van der Waals surface area contributed by atoms with Gasteiger partial charge >= 0.3 is 0 Å². The minimum Gasteiger partial charge on any atom is -0.322 e. The second-order valence-corrected chi connectivity index (χ2v) is 3.63. The first-order valence-electron chi connectivity index (χ1n) is 4.53. The molecule has 0 aliphatic carbocycles. The lowest BCUT2D eigenvalue weighted by Gasteiger charge is -2.00. The van der Waals surface area contributed by atoms with E-state index in [0.717, 1.165) is 16.5 Å². The van der Waals surface area contributed by atoms with E-state index in [0.29, 0.717) is 12.2 Å². The molecule has 0 aliphatic heterocycles. The molecule has 0 unspecified atom stereocenters. The number of aryl methyl sites for hydroxylation is 1. The van der Waals surface area contributed by atoms with Crippen molar-refractivity contribution in [2.24, 2.45) is 0 Å². The molecule has 1 heterocycles. The van der Waals surface area contributed by atoms with Crippen LogP contribution >= 0.6 is 12.6 Å². The molecule has 72 valence electrons. The third-order valence-electron chi connectivity index (χ3n) is 2.21. The van der Waals surface area contributed by atoms with Crippen LogP contribution in [-0.4, -0.2) is 10.7 Å². The summed E-state index contributed by atoms with van der Waals surface area (Å²) < 4.78 is 0. The van der Waals surface area contributed by atoms with E-state index in [2.05, 4.69) is 17.6 Å². The van der Waals surface area contributed by atoms with Crippen LogP contribution in [0, 0.1) is 0 Å². The fourth-order valence-electron chi connectivity index (χ4n) is 1.50. The first-order chi connectivity index (χ1) is 6.81. The van der Waals surface area contributed by atoms with Gasteiger partial charge in [-0.15, -0.1) is 0 Å². The molecule has 0 atom stereocenters. The second kappa shape index (κ2) is 3.88. The van der Waals surface area contributed by atoms with E-state index in [-0.39, 0.29) is 5.56 Å². The Labute approximate surface area is 87.4 Å². The topological polar surface area (TPSA) is 32.9 Å². The summed E-state index contributed by atoms with van der Waals surface area (Å²) in [6, 6.07) is 9.71. The normalized spacial score (nSPS) is 10.6. The van der Waals surface area contributed by atoms with E-state index in [9.17, 15) is 4.79 Å². The molecule has 3 heteroatoms. The van der Waals surface area contributed by atoms with Crippen molar-refractivity contribution in [1.82, 2.24) is 4.98 Å². The van der Waals surface area contributed by atoms with Crippen molar-refractivity contribution in [3.63, 3.8) is 0 Å². The maximum Gasteiger partial charge on any atom is 0.251 e. The Morgan fingerprint density at radius 1 is 1.29 bits per heavy atom. The first kappa shape index (κ1) is 9.34. The fourth-order valence-corrected chi connectivity index (χ4v) is 1.74. The van der Waals surface area contributed by atoms with Gasteiger partial charge in [-0.25, -0.2) is 0 Å². The zero-order chi connectivity index (χ0) is 9.97. The number of fused-ring (bicyclic) bond motifs is 1. The summed E-state index contributed by atoms with van der Waals surface area (Å²) in [6.45, 7) is 0. The van der Waals surface area contributed by atoms with Crippen molar-refractivity contribution in [2.45, 2.75) is 6.42 Å². The molecule has 1 aromatic carbocycles. The highest BCUT2D eigenvalue weighted by Gasteiger charge is 2.00. The Bertz CT molecular complexity index is 504. The lowest BCUT2D eigenvalue weighted by atomic mass is 10.1. The van der Waals surface area contributed by atoms with E-state index in [1.165, 1.54) is 0 Å². The molecule has 14 heavy (non-hydrogen) atoms. The van der Waals surface area contributed by atoms with E-state index in [1.54, 1.807) is 0 Å². The van der Waals surface area contributed by atoms with Crippen LogP contribution in [0.2, 0.25) is 0 Å². The molecule has 0 saturated heterocycles. The van der Waals surface area contributed by atoms with Gasteiger partial charge in [0.25, 0.3) is 5.56 Å². The number of aromatic amines is 1. The lowest BCUT2D eigenvalue weighted by molar-refractivity contribution is 1.10. The van der Waals surface area contributed by atoms with Gasteiger partial charge in [0.2, 0.25) is 0 Å². The molecule has 0 amide bonds. The summed E-state index contributed by atoms with van der Waals surface area (Å²) in [5, 5.41) is 1.07. The maximum atomic E-state index is 11.5. The molecule has 0 aliphatic rings. The van der Waals surface area contributed by atoms with Crippen LogP contribution in [0.1, 0.15) is 5.56 Å². The highest BCUT2D eigenvalue weighted by atomic mass is 32.1. The van der Waals surface area contributed by atoms with Crippen molar-refractivity contribution in [1.29, 1.82) is 0 Å². The number of benzene rings is 1. The number of para-hydroxylation sites is 1. The van der Waals surface area contributed by atoms with Gasteiger partial charge in [0, 0.05) is 11.1 Å². The molecule has 2 nitrogen and oxygen atoms in total. The monoisotopic (exact) mass is 205 g/mol. The molecule has 1 N–H and O–H groups in total. The molecule has 0 saturated carbocycles. The highest BCUT2D eigenvalue weighted by molar-refractivity contribution is 7.80. The van der Waals surface area contributed by atoms with Crippen molar-refractivity contribution in [3.8, 4) is 0 Å². The number of rotatable bonds is 2. The number of hydrogen-bond donors (Lipinski definition) is 2. The molecule has 0 bridgehead atoms. The summed E-state index contributed by atoms with van der Waals surface area (Å²) >= 11 is 4.12. The largest absolute Gasteiger partial charge is 0.322 e. The van der Waals surface area contributed by atoms with Gasteiger partial charge in [0.05, 0.1) is 0 Å². The van der Waals surface area contributed by atoms with Gasteiger partial charge in [0.1, 0.15) is 0 Å². The minimum absolute atomic E-state index is 0.00208. The number of thiol groups is 1. The third-order valence-corrected chi connectivity index (χ3v) is 2.44. The molecule has 2 aromatic rings. The van der Waals surface area contributed by atoms with Gasteiger partial charge < -0.3 is 4.98 Å². The molecular weight excluding hydrogens is 194 g/mol. The molecule has 1 aromatic heterocycles. The number of hydrogen-bond acceptors (Lipinski definition) is 2. The SMILES string of the molecule is O=c1[nH]c2ccccc2cc1CCS. The van der Waals surface area contributed by atoms with E-state index < -0.39 is 0 Å². The predicted molar refractivity (Wildman–Crippen MR) is 62.1 cm³/mol. The summed E-state index contributed by atoms with van der Waals surface area (Å²) in [6.07, 6.45) is 0.712. The summed E-state index contributed by atoms with van der Waals surface area (Å²) in [7, 11) is 0. The van der Waals surface area contributed by atoms with E-state index in [4.69, 9.17) is 0 Å². The molecular formula is C11H11NOS. The summed E-state index contributed by atoms with van der Waals surface area (Å²) in [5.41, 5.74) is 1.69. The summed E-state index contributed by atoms with van der Waals surface area (Å²) in [5.74, 6) is 0.696. The summed E-state index contributed by atoms with van der Waals surface area (Å²) in [4.78, 5) is 14.4. The standard InChI is InChI=1S/C11H11NOS/c13-11-9(5-6-14)7-8-3-1-2-4-10(8)12-11/h1-4,7,14H,5-6H2,(H,12,13).